The molecule has 1 fully saturated rings. The van der Waals surface area contributed by atoms with Crippen LogP contribution >= 0.6 is 15.9 Å². The van der Waals surface area contributed by atoms with E-state index in [-0.39, 0.29) is 6.04 Å². The van der Waals surface area contributed by atoms with Gasteiger partial charge in [0.25, 0.3) is 0 Å². The lowest BCUT2D eigenvalue weighted by Gasteiger charge is -2.38. The lowest BCUT2D eigenvalue weighted by molar-refractivity contribution is -0.273. The average molecular weight is 316 g/mol. The first-order valence-corrected chi connectivity index (χ1v) is 6.67. The Morgan fingerprint density at radius 1 is 1.39 bits per heavy atom. The van der Waals surface area contributed by atoms with Gasteiger partial charge in [0, 0.05) is 4.47 Å². The van der Waals surface area contributed by atoms with E-state index in [4.69, 9.17) is 14.2 Å². The molecule has 1 saturated heterocycles. The maximum absolute atomic E-state index is 5.87. The van der Waals surface area contributed by atoms with Crippen LogP contribution < -0.4 is 10.1 Å². The molecule has 0 spiro atoms. The maximum atomic E-state index is 5.87. The van der Waals surface area contributed by atoms with Crippen molar-refractivity contribution in [1.82, 2.24) is 5.32 Å². The van der Waals surface area contributed by atoms with Crippen LogP contribution in [0.25, 0.3) is 0 Å². The van der Waals surface area contributed by atoms with Gasteiger partial charge in [-0.1, -0.05) is 15.9 Å². The summed E-state index contributed by atoms with van der Waals surface area (Å²) < 4.78 is 18.1. The molecular weight excluding hydrogens is 298 g/mol. The Hall–Kier alpha value is -0.620. The smallest absolute Gasteiger partial charge is 0.195 e. The highest BCUT2D eigenvalue weighted by Crippen LogP contribution is 2.37. The van der Waals surface area contributed by atoms with Crippen LogP contribution in [0.2, 0.25) is 0 Å². The Balaban J connectivity index is 2.27. The van der Waals surface area contributed by atoms with Gasteiger partial charge in [0.2, 0.25) is 0 Å². The van der Waals surface area contributed by atoms with Gasteiger partial charge in [-0.05, 0) is 32.2 Å². The maximum Gasteiger partial charge on any atom is 0.195 e. The molecular formula is C13H18BrNO3. The number of methoxy groups -OCH3 is 1. The van der Waals surface area contributed by atoms with Gasteiger partial charge in [-0.3, -0.25) is 0 Å². The fraction of sp³-hybridized carbons (Fsp3) is 0.538. The Kier molecular flexibility index (Phi) is 4.27. The van der Waals surface area contributed by atoms with Crippen LogP contribution in [0.15, 0.2) is 22.7 Å². The molecule has 0 radical (unpaired) electrons. The number of ether oxygens (including phenoxy) is 3. The predicted octanol–water partition coefficient (Wildman–Crippen LogP) is 2.27. The van der Waals surface area contributed by atoms with Gasteiger partial charge in [0.15, 0.2) is 5.79 Å². The van der Waals surface area contributed by atoms with Crippen LogP contribution in [-0.4, -0.2) is 33.4 Å². The monoisotopic (exact) mass is 315 g/mol. The van der Waals surface area contributed by atoms with Crippen molar-refractivity contribution in [1.29, 1.82) is 0 Å². The molecule has 0 saturated carbocycles. The summed E-state index contributed by atoms with van der Waals surface area (Å²) in [5.41, 5.74) is 0.897. The quantitative estimate of drug-likeness (QED) is 0.929. The normalized spacial score (nSPS) is 28.1. The third-order valence-corrected chi connectivity index (χ3v) is 3.67. The highest BCUT2D eigenvalue weighted by atomic mass is 79.9. The summed E-state index contributed by atoms with van der Waals surface area (Å²) >= 11 is 3.46. The minimum atomic E-state index is -0.761. The summed E-state index contributed by atoms with van der Waals surface area (Å²) in [6.45, 7) is 3.15. The molecule has 1 aromatic rings. The van der Waals surface area contributed by atoms with Crippen molar-refractivity contribution in [3.63, 3.8) is 0 Å². The van der Waals surface area contributed by atoms with Crippen molar-refractivity contribution >= 4 is 15.9 Å². The number of rotatable bonds is 3. The average Bonchev–Trinajstić information content (AvgIpc) is 2.39. The molecule has 100 valence electrons. The minimum Gasteiger partial charge on any atom is -0.496 e. The van der Waals surface area contributed by atoms with E-state index >= 15 is 0 Å². The van der Waals surface area contributed by atoms with Crippen molar-refractivity contribution in [2.45, 2.75) is 18.8 Å². The molecule has 1 aliphatic heterocycles. The van der Waals surface area contributed by atoms with Crippen molar-refractivity contribution in [3.05, 3.63) is 28.2 Å². The Morgan fingerprint density at radius 2 is 2.06 bits per heavy atom. The summed E-state index contributed by atoms with van der Waals surface area (Å²) in [4.78, 5) is 0. The first-order chi connectivity index (χ1) is 8.59. The van der Waals surface area contributed by atoms with Crippen LogP contribution in [0.1, 0.15) is 12.5 Å². The molecule has 1 aliphatic rings. The summed E-state index contributed by atoms with van der Waals surface area (Å²) in [6.07, 6.45) is 0. The van der Waals surface area contributed by atoms with Gasteiger partial charge in [-0.2, -0.15) is 0 Å². The third kappa shape index (κ3) is 2.69. The van der Waals surface area contributed by atoms with E-state index in [1.807, 2.05) is 32.2 Å². The first-order valence-electron chi connectivity index (χ1n) is 5.88. The molecule has 0 aliphatic carbocycles. The fourth-order valence-corrected chi connectivity index (χ4v) is 2.33. The minimum absolute atomic E-state index is 0.233. The zero-order valence-corrected chi connectivity index (χ0v) is 12.4. The summed E-state index contributed by atoms with van der Waals surface area (Å²) in [6, 6.07) is 6.04. The van der Waals surface area contributed by atoms with Gasteiger partial charge in [0.1, 0.15) is 5.75 Å². The molecule has 0 aromatic heterocycles. The van der Waals surface area contributed by atoms with E-state index in [0.29, 0.717) is 13.2 Å². The number of likely N-dealkylation sites (N-methyl/N-ethyl adjacent to an activating group) is 1. The second-order valence-corrected chi connectivity index (χ2v) is 5.31. The van der Waals surface area contributed by atoms with Crippen LogP contribution in [0.3, 0.4) is 0 Å². The molecule has 0 atom stereocenters. The molecule has 1 aromatic carbocycles. The number of nitrogens with one attached hydrogen (secondary N) is 1. The standard InChI is InChI=1S/C13H18BrNO3/c1-13(17-7-10(15-2)8-18-13)11-6-9(14)4-5-12(11)16-3/h4-6,10,15H,7-8H2,1-3H3. The van der Waals surface area contributed by atoms with E-state index < -0.39 is 5.79 Å². The Morgan fingerprint density at radius 3 is 2.61 bits per heavy atom. The fourth-order valence-electron chi connectivity index (χ4n) is 1.97. The zero-order chi connectivity index (χ0) is 13.2. The number of halogens is 1. The van der Waals surface area contributed by atoms with E-state index in [0.717, 1.165) is 15.8 Å². The molecule has 1 N–H and O–H groups in total. The third-order valence-electron chi connectivity index (χ3n) is 3.18. The first kappa shape index (κ1) is 13.8. The van der Waals surface area contributed by atoms with Gasteiger partial charge in [-0.25, -0.2) is 0 Å². The summed E-state index contributed by atoms with van der Waals surface area (Å²) in [7, 11) is 3.55. The molecule has 18 heavy (non-hydrogen) atoms. The largest absolute Gasteiger partial charge is 0.496 e. The van der Waals surface area contributed by atoms with Crippen molar-refractivity contribution in [3.8, 4) is 5.75 Å². The lowest BCUT2D eigenvalue weighted by Crippen LogP contribution is -2.47. The van der Waals surface area contributed by atoms with Crippen LogP contribution in [0.5, 0.6) is 5.75 Å². The van der Waals surface area contributed by atoms with Gasteiger partial charge in [0.05, 0.1) is 31.9 Å². The lowest BCUT2D eigenvalue weighted by atomic mass is 10.0. The van der Waals surface area contributed by atoms with E-state index in [1.54, 1.807) is 7.11 Å². The highest BCUT2D eigenvalue weighted by molar-refractivity contribution is 9.10. The zero-order valence-electron chi connectivity index (χ0n) is 10.8. The number of hydrogen-bond donors (Lipinski definition) is 1. The summed E-state index contributed by atoms with van der Waals surface area (Å²) in [5.74, 6) is 0.00579. The van der Waals surface area contributed by atoms with Crippen LogP contribution in [0.4, 0.5) is 0 Å². The van der Waals surface area contributed by atoms with Crippen LogP contribution in [-0.2, 0) is 15.3 Å². The summed E-state index contributed by atoms with van der Waals surface area (Å²) in [5, 5.41) is 3.14. The van der Waals surface area contributed by atoms with E-state index in [2.05, 4.69) is 21.2 Å². The topological polar surface area (TPSA) is 39.7 Å². The SMILES string of the molecule is CNC1COC(C)(c2cc(Br)ccc2OC)OC1. The van der Waals surface area contributed by atoms with Gasteiger partial charge < -0.3 is 19.5 Å². The molecule has 0 amide bonds. The van der Waals surface area contributed by atoms with Crippen molar-refractivity contribution < 1.29 is 14.2 Å². The van der Waals surface area contributed by atoms with Gasteiger partial charge in [-0.15, -0.1) is 0 Å². The second-order valence-electron chi connectivity index (χ2n) is 4.40. The molecule has 0 bridgehead atoms. The van der Waals surface area contributed by atoms with Gasteiger partial charge >= 0.3 is 0 Å². The second kappa shape index (κ2) is 5.57. The number of benzene rings is 1. The van der Waals surface area contributed by atoms with Crippen molar-refractivity contribution in [2.75, 3.05) is 27.4 Å². The molecule has 2 rings (SSSR count). The molecule has 0 unspecified atom stereocenters. The Labute approximate surface area is 116 Å². The molecule has 4 nitrogen and oxygen atoms in total. The number of hydrogen-bond acceptors (Lipinski definition) is 4. The Bertz CT molecular complexity index is 417. The van der Waals surface area contributed by atoms with Crippen LogP contribution in [0, 0.1) is 0 Å². The van der Waals surface area contributed by atoms with Crippen molar-refractivity contribution in [2.24, 2.45) is 0 Å². The molecule has 1 heterocycles. The molecule has 5 heteroatoms. The van der Waals surface area contributed by atoms with E-state index in [1.165, 1.54) is 0 Å². The highest BCUT2D eigenvalue weighted by Gasteiger charge is 2.36. The predicted molar refractivity (Wildman–Crippen MR) is 72.8 cm³/mol. The van der Waals surface area contributed by atoms with E-state index in [9.17, 15) is 0 Å².